The average Bonchev–Trinajstić information content (AvgIpc) is 2.64. The van der Waals surface area contributed by atoms with Crippen molar-refractivity contribution in [3.05, 3.63) is 82.2 Å². The van der Waals surface area contributed by atoms with Crippen molar-refractivity contribution in [3.8, 4) is 0 Å². The van der Waals surface area contributed by atoms with Gasteiger partial charge in [-0.2, -0.15) is 0 Å². The van der Waals surface area contributed by atoms with Gasteiger partial charge in [0.25, 0.3) is 5.91 Å². The Morgan fingerprint density at radius 1 is 1.04 bits per heavy atom. The van der Waals surface area contributed by atoms with Crippen LogP contribution in [0.5, 0.6) is 0 Å². The highest BCUT2D eigenvalue weighted by molar-refractivity contribution is 6.68. The number of para-hydroxylation sites is 1. The molecule has 2 N–H and O–H groups in total. The zero-order valence-electron chi connectivity index (χ0n) is 13.9. The summed E-state index contributed by atoms with van der Waals surface area (Å²) in [4.78, 5) is 24.7. The van der Waals surface area contributed by atoms with Gasteiger partial charge in [-0.15, -0.1) is 0 Å². The topological polar surface area (TPSA) is 71.3 Å². The molecule has 1 unspecified atom stereocenters. The van der Waals surface area contributed by atoms with E-state index >= 15 is 0 Å². The molecule has 0 bridgehead atoms. The Balaban J connectivity index is 1.80. The second-order valence-electron chi connectivity index (χ2n) is 5.80. The number of fused-ring (bicyclic) bond motifs is 1. The Morgan fingerprint density at radius 2 is 1.70 bits per heavy atom. The second-order valence-corrected chi connectivity index (χ2v) is 8.17. The van der Waals surface area contributed by atoms with Gasteiger partial charge in [-0.05, 0) is 17.7 Å². The van der Waals surface area contributed by atoms with Gasteiger partial charge in [0.2, 0.25) is 3.79 Å². The van der Waals surface area contributed by atoms with E-state index in [1.165, 1.54) is 6.07 Å². The molecule has 0 aliphatic carbocycles. The Labute approximate surface area is 170 Å². The molecular formula is C19H15Cl3N2O3. The lowest BCUT2D eigenvalue weighted by atomic mass is 10.2. The lowest BCUT2D eigenvalue weighted by Crippen LogP contribution is -2.53. The van der Waals surface area contributed by atoms with E-state index in [9.17, 15) is 9.59 Å². The fraction of sp³-hybridized carbons (Fsp3) is 0.158. The number of amides is 1. The normalized spacial score (nSPS) is 12.7. The van der Waals surface area contributed by atoms with Crippen LogP contribution in [0.2, 0.25) is 0 Å². The van der Waals surface area contributed by atoms with Crippen LogP contribution in [0.15, 0.2) is 69.9 Å². The quantitative estimate of drug-likeness (QED) is 0.368. The predicted molar refractivity (Wildman–Crippen MR) is 107 cm³/mol. The molecule has 0 saturated carbocycles. The third-order valence-electron chi connectivity index (χ3n) is 3.84. The van der Waals surface area contributed by atoms with Crippen LogP contribution in [0.1, 0.15) is 15.9 Å². The zero-order valence-corrected chi connectivity index (χ0v) is 16.2. The highest BCUT2D eigenvalue weighted by Crippen LogP contribution is 2.29. The van der Waals surface area contributed by atoms with Crippen molar-refractivity contribution in [3.63, 3.8) is 0 Å². The monoisotopic (exact) mass is 424 g/mol. The molecule has 5 nitrogen and oxygen atoms in total. The smallest absolute Gasteiger partial charge is 0.349 e. The van der Waals surface area contributed by atoms with Crippen molar-refractivity contribution in [1.82, 2.24) is 10.6 Å². The summed E-state index contributed by atoms with van der Waals surface area (Å²) in [5, 5.41) is 6.13. The summed E-state index contributed by atoms with van der Waals surface area (Å²) in [5.41, 5.74) is 0.391. The zero-order chi connectivity index (χ0) is 19.4. The summed E-state index contributed by atoms with van der Waals surface area (Å²) in [6.45, 7) is 0.353. The van der Waals surface area contributed by atoms with E-state index in [1.807, 2.05) is 30.3 Å². The Bertz CT molecular complexity index is 1000. The predicted octanol–water partition coefficient (Wildman–Crippen LogP) is 4.01. The number of halogens is 3. The van der Waals surface area contributed by atoms with E-state index < -0.39 is 21.5 Å². The minimum Gasteiger partial charge on any atom is -0.422 e. The highest BCUT2D eigenvalue weighted by atomic mass is 35.6. The minimum atomic E-state index is -1.83. The minimum absolute atomic E-state index is 0.172. The van der Waals surface area contributed by atoms with Crippen molar-refractivity contribution < 1.29 is 9.21 Å². The fourth-order valence-corrected chi connectivity index (χ4v) is 2.89. The van der Waals surface area contributed by atoms with E-state index in [-0.39, 0.29) is 5.56 Å². The SMILES string of the molecule is O=C(NC(NCc1ccccc1)C(Cl)(Cl)Cl)c1cc2ccccc2oc1=O. The number of alkyl halides is 3. The first-order chi connectivity index (χ1) is 12.8. The van der Waals surface area contributed by atoms with E-state index in [4.69, 9.17) is 39.2 Å². The van der Waals surface area contributed by atoms with Crippen molar-refractivity contribution in [1.29, 1.82) is 0 Å². The maximum atomic E-state index is 12.6. The van der Waals surface area contributed by atoms with E-state index in [0.717, 1.165) is 5.56 Å². The Hall–Kier alpha value is -2.05. The van der Waals surface area contributed by atoms with Crippen molar-refractivity contribution in [2.75, 3.05) is 0 Å². The molecule has 0 radical (unpaired) electrons. The molecule has 0 aliphatic heterocycles. The van der Waals surface area contributed by atoms with E-state index in [2.05, 4.69) is 10.6 Å². The molecule has 0 spiro atoms. The number of hydrogen-bond donors (Lipinski definition) is 2. The molecule has 140 valence electrons. The van der Waals surface area contributed by atoms with Gasteiger partial charge in [0.1, 0.15) is 17.3 Å². The van der Waals surface area contributed by atoms with Gasteiger partial charge in [-0.1, -0.05) is 83.3 Å². The molecule has 0 saturated heterocycles. The van der Waals surface area contributed by atoms with E-state index in [1.54, 1.807) is 24.3 Å². The maximum absolute atomic E-state index is 12.6. The number of rotatable bonds is 5. The molecule has 3 aromatic rings. The summed E-state index contributed by atoms with van der Waals surface area (Å²) >= 11 is 18.0. The second kappa shape index (κ2) is 8.31. The molecule has 1 aromatic heterocycles. The molecule has 2 aromatic carbocycles. The largest absolute Gasteiger partial charge is 0.422 e. The number of carbonyl (C=O) groups is 1. The number of nitrogens with one attached hydrogen (secondary N) is 2. The summed E-state index contributed by atoms with van der Waals surface area (Å²) in [6.07, 6.45) is -1.03. The third-order valence-corrected chi connectivity index (χ3v) is 4.50. The Morgan fingerprint density at radius 3 is 2.41 bits per heavy atom. The van der Waals surface area contributed by atoms with Gasteiger partial charge in [-0.25, -0.2) is 4.79 Å². The van der Waals surface area contributed by atoms with Crippen LogP contribution in [-0.2, 0) is 6.54 Å². The molecule has 0 aliphatic rings. The lowest BCUT2D eigenvalue weighted by molar-refractivity contribution is 0.0925. The first-order valence-corrected chi connectivity index (χ1v) is 9.16. The number of carbonyl (C=O) groups excluding carboxylic acids is 1. The van der Waals surface area contributed by atoms with E-state index in [0.29, 0.717) is 17.5 Å². The molecule has 27 heavy (non-hydrogen) atoms. The van der Waals surface area contributed by atoms with Crippen LogP contribution in [-0.4, -0.2) is 15.9 Å². The molecule has 1 atom stereocenters. The van der Waals surface area contributed by atoms with Gasteiger partial charge in [-0.3, -0.25) is 10.1 Å². The molecule has 3 rings (SSSR count). The molecule has 8 heteroatoms. The van der Waals surface area contributed by atoms with Crippen molar-refractivity contribution in [2.24, 2.45) is 0 Å². The van der Waals surface area contributed by atoms with Crippen molar-refractivity contribution in [2.45, 2.75) is 16.5 Å². The number of benzene rings is 2. The van der Waals surface area contributed by atoms with Crippen molar-refractivity contribution >= 4 is 51.7 Å². The summed E-state index contributed by atoms with van der Waals surface area (Å²) in [6, 6.07) is 17.7. The Kier molecular flexibility index (Phi) is 6.07. The van der Waals surface area contributed by atoms with Gasteiger partial charge in [0.15, 0.2) is 0 Å². The fourth-order valence-electron chi connectivity index (χ4n) is 2.49. The number of hydrogen-bond acceptors (Lipinski definition) is 4. The van der Waals surface area contributed by atoms with Crippen LogP contribution >= 0.6 is 34.8 Å². The lowest BCUT2D eigenvalue weighted by Gasteiger charge is -2.26. The van der Waals surface area contributed by atoms with Crippen LogP contribution < -0.4 is 16.3 Å². The van der Waals surface area contributed by atoms with Crippen LogP contribution in [0.25, 0.3) is 11.0 Å². The maximum Gasteiger partial charge on any atom is 0.349 e. The standard InChI is InChI=1S/C19H15Cl3N2O3/c20-19(21,22)18(23-11-12-6-2-1-3-7-12)24-16(25)14-10-13-8-4-5-9-15(13)27-17(14)26/h1-10,18,23H,11H2,(H,24,25). The first-order valence-electron chi connectivity index (χ1n) is 8.02. The van der Waals surface area contributed by atoms with Gasteiger partial charge < -0.3 is 9.73 Å². The van der Waals surface area contributed by atoms with Gasteiger partial charge in [0.05, 0.1) is 0 Å². The van der Waals surface area contributed by atoms with Gasteiger partial charge >= 0.3 is 5.63 Å². The van der Waals surface area contributed by atoms with Crippen LogP contribution in [0, 0.1) is 0 Å². The van der Waals surface area contributed by atoms with Crippen LogP contribution in [0.3, 0.4) is 0 Å². The summed E-state index contributed by atoms with van der Waals surface area (Å²) in [7, 11) is 0. The molecular weight excluding hydrogens is 411 g/mol. The van der Waals surface area contributed by atoms with Crippen LogP contribution in [0.4, 0.5) is 0 Å². The molecule has 1 amide bonds. The molecule has 1 heterocycles. The summed E-state index contributed by atoms with van der Waals surface area (Å²) in [5.74, 6) is -0.702. The molecule has 0 fully saturated rings. The third kappa shape index (κ3) is 5.02. The van der Waals surface area contributed by atoms with Gasteiger partial charge in [0, 0.05) is 11.9 Å². The summed E-state index contributed by atoms with van der Waals surface area (Å²) < 4.78 is 3.34. The first kappa shape index (κ1) is 19.7. The highest BCUT2D eigenvalue weighted by Gasteiger charge is 2.34. The average molecular weight is 426 g/mol.